The molecule has 0 heterocycles. The second kappa shape index (κ2) is 19.7. The van der Waals surface area contributed by atoms with E-state index in [9.17, 15) is 0 Å². The van der Waals surface area contributed by atoms with Crippen molar-refractivity contribution >= 4 is 0 Å². The Morgan fingerprint density at radius 3 is 1.48 bits per heavy atom. The van der Waals surface area contributed by atoms with Crippen molar-refractivity contribution in [3.8, 4) is 0 Å². The van der Waals surface area contributed by atoms with Gasteiger partial charge < -0.3 is 4.74 Å². The lowest BCUT2D eigenvalue weighted by Gasteiger charge is -2.00. The number of rotatable bonds is 17. The Labute approximate surface area is 134 Å². The van der Waals surface area contributed by atoms with E-state index in [1.807, 2.05) is 0 Å². The molecule has 0 aliphatic carbocycles. The van der Waals surface area contributed by atoms with Crippen molar-refractivity contribution in [3.05, 3.63) is 12.2 Å². The van der Waals surface area contributed by atoms with Crippen LogP contribution >= 0.6 is 0 Å². The molecule has 0 rings (SSSR count). The minimum Gasteiger partial charge on any atom is -0.385 e. The maximum Gasteiger partial charge on any atom is 0.0462 e. The van der Waals surface area contributed by atoms with Crippen molar-refractivity contribution in [2.45, 2.75) is 103 Å². The number of ether oxygens (including phenoxy) is 1. The van der Waals surface area contributed by atoms with Gasteiger partial charge in [0.05, 0.1) is 0 Å². The Balaban J connectivity index is 3.02. The van der Waals surface area contributed by atoms with Crippen LogP contribution in [0.15, 0.2) is 12.2 Å². The maximum atomic E-state index is 5.06. The lowest BCUT2D eigenvalue weighted by atomic mass is 10.1. The lowest BCUT2D eigenvalue weighted by molar-refractivity contribution is 0.192. The Bertz CT molecular complexity index is 198. The molecule has 0 radical (unpaired) electrons. The van der Waals surface area contributed by atoms with E-state index in [-0.39, 0.29) is 0 Å². The highest BCUT2D eigenvalue weighted by molar-refractivity contribution is 4.81. The van der Waals surface area contributed by atoms with Gasteiger partial charge in [-0.1, -0.05) is 83.3 Å². The molecule has 0 unspecified atom stereocenters. The summed E-state index contributed by atoms with van der Waals surface area (Å²) in [5.74, 6) is 0. The normalized spacial score (nSPS) is 11.5. The summed E-state index contributed by atoms with van der Waals surface area (Å²) in [5, 5.41) is 0. The van der Waals surface area contributed by atoms with Crippen LogP contribution < -0.4 is 0 Å². The molecule has 0 aliphatic heterocycles. The van der Waals surface area contributed by atoms with Crippen LogP contribution in [0.2, 0.25) is 0 Å². The van der Waals surface area contributed by atoms with Crippen molar-refractivity contribution in [1.29, 1.82) is 0 Å². The topological polar surface area (TPSA) is 9.23 Å². The second-order valence-corrected chi connectivity index (χ2v) is 6.28. The van der Waals surface area contributed by atoms with E-state index in [0.29, 0.717) is 0 Å². The summed E-state index contributed by atoms with van der Waals surface area (Å²) in [7, 11) is 1.79. The zero-order valence-electron chi connectivity index (χ0n) is 14.9. The molecule has 0 fully saturated rings. The Morgan fingerprint density at radius 2 is 1.00 bits per heavy atom. The average Bonchev–Trinajstić information content (AvgIpc) is 2.50. The molecule has 0 aromatic heterocycles. The Morgan fingerprint density at radius 1 is 0.571 bits per heavy atom. The molecule has 0 saturated carbocycles. The smallest absolute Gasteiger partial charge is 0.0462 e. The van der Waals surface area contributed by atoms with E-state index < -0.39 is 0 Å². The van der Waals surface area contributed by atoms with E-state index in [1.165, 1.54) is 96.3 Å². The molecule has 1 nitrogen and oxygen atoms in total. The zero-order chi connectivity index (χ0) is 15.4. The van der Waals surface area contributed by atoms with Gasteiger partial charge in [0.25, 0.3) is 0 Å². The van der Waals surface area contributed by atoms with Gasteiger partial charge in [0, 0.05) is 13.7 Å². The SMILES string of the molecule is CCCCCCCCC/C=C\CCCCCCCCOC. The molecular formula is C20H40O. The summed E-state index contributed by atoms with van der Waals surface area (Å²) in [5.41, 5.74) is 0. The van der Waals surface area contributed by atoms with Crippen molar-refractivity contribution in [1.82, 2.24) is 0 Å². The van der Waals surface area contributed by atoms with Crippen LogP contribution in [0.25, 0.3) is 0 Å². The van der Waals surface area contributed by atoms with E-state index in [0.717, 1.165) is 6.61 Å². The average molecular weight is 297 g/mol. The quantitative estimate of drug-likeness (QED) is 0.206. The molecule has 0 aromatic rings. The second-order valence-electron chi connectivity index (χ2n) is 6.28. The largest absolute Gasteiger partial charge is 0.385 e. The van der Waals surface area contributed by atoms with Crippen molar-refractivity contribution in [2.75, 3.05) is 13.7 Å². The van der Waals surface area contributed by atoms with Gasteiger partial charge in [-0.05, 0) is 32.1 Å². The molecule has 126 valence electrons. The Hall–Kier alpha value is -0.300. The first-order valence-corrected chi connectivity index (χ1v) is 9.55. The molecule has 0 aliphatic rings. The molecule has 0 aromatic carbocycles. The number of hydrogen-bond acceptors (Lipinski definition) is 1. The molecule has 21 heavy (non-hydrogen) atoms. The number of allylic oxidation sites excluding steroid dienone is 2. The molecule has 0 spiro atoms. The summed E-state index contributed by atoms with van der Waals surface area (Å²) in [6.45, 7) is 3.22. The van der Waals surface area contributed by atoms with Crippen LogP contribution in [-0.4, -0.2) is 13.7 Å². The summed E-state index contributed by atoms with van der Waals surface area (Å²) >= 11 is 0. The van der Waals surface area contributed by atoms with E-state index >= 15 is 0 Å². The zero-order valence-corrected chi connectivity index (χ0v) is 14.9. The van der Waals surface area contributed by atoms with Gasteiger partial charge in [-0.25, -0.2) is 0 Å². The van der Waals surface area contributed by atoms with Crippen molar-refractivity contribution in [2.24, 2.45) is 0 Å². The summed E-state index contributed by atoms with van der Waals surface area (Å²) in [6, 6.07) is 0. The van der Waals surface area contributed by atoms with Gasteiger partial charge in [0.2, 0.25) is 0 Å². The molecule has 0 atom stereocenters. The van der Waals surface area contributed by atoms with Crippen LogP contribution in [0.1, 0.15) is 103 Å². The predicted octanol–water partition coefficient (Wildman–Crippen LogP) is 7.06. The third-order valence-electron chi connectivity index (χ3n) is 4.11. The summed E-state index contributed by atoms with van der Waals surface area (Å²) in [4.78, 5) is 0. The molecule has 0 amide bonds. The highest BCUT2D eigenvalue weighted by Crippen LogP contribution is 2.10. The summed E-state index contributed by atoms with van der Waals surface area (Å²) < 4.78 is 5.06. The minimum absolute atomic E-state index is 0.932. The van der Waals surface area contributed by atoms with Gasteiger partial charge in [-0.3, -0.25) is 0 Å². The van der Waals surface area contributed by atoms with Crippen molar-refractivity contribution in [3.63, 3.8) is 0 Å². The van der Waals surface area contributed by atoms with E-state index in [2.05, 4.69) is 19.1 Å². The standard InChI is InChI=1S/C20H40O/c1-3-4-5-6-7-8-9-10-11-12-13-14-15-16-17-18-19-20-21-2/h11-12H,3-10,13-20H2,1-2H3/b12-11-. The molecule has 1 heteroatoms. The molecule has 0 saturated heterocycles. The fourth-order valence-corrected chi connectivity index (χ4v) is 2.67. The number of unbranched alkanes of at least 4 members (excludes halogenated alkanes) is 13. The van der Waals surface area contributed by atoms with Crippen LogP contribution in [0, 0.1) is 0 Å². The van der Waals surface area contributed by atoms with E-state index in [4.69, 9.17) is 4.74 Å². The first kappa shape index (κ1) is 20.7. The first-order valence-electron chi connectivity index (χ1n) is 9.55. The van der Waals surface area contributed by atoms with Gasteiger partial charge in [-0.2, -0.15) is 0 Å². The summed E-state index contributed by atoms with van der Waals surface area (Å²) in [6.07, 6.45) is 25.4. The van der Waals surface area contributed by atoms with Crippen LogP contribution in [0.3, 0.4) is 0 Å². The number of hydrogen-bond donors (Lipinski definition) is 0. The molecule has 0 N–H and O–H groups in total. The van der Waals surface area contributed by atoms with E-state index in [1.54, 1.807) is 7.11 Å². The Kier molecular flexibility index (Phi) is 19.4. The predicted molar refractivity (Wildman–Crippen MR) is 95.9 cm³/mol. The maximum absolute atomic E-state index is 5.06. The monoisotopic (exact) mass is 296 g/mol. The highest BCUT2D eigenvalue weighted by atomic mass is 16.5. The van der Waals surface area contributed by atoms with Crippen molar-refractivity contribution < 1.29 is 4.74 Å². The fraction of sp³-hybridized carbons (Fsp3) is 0.900. The molecular weight excluding hydrogens is 256 g/mol. The van der Waals surface area contributed by atoms with Gasteiger partial charge in [-0.15, -0.1) is 0 Å². The van der Waals surface area contributed by atoms with Gasteiger partial charge >= 0.3 is 0 Å². The lowest BCUT2D eigenvalue weighted by Crippen LogP contribution is -1.88. The molecule has 0 bridgehead atoms. The van der Waals surface area contributed by atoms with Crippen LogP contribution in [0.5, 0.6) is 0 Å². The highest BCUT2D eigenvalue weighted by Gasteiger charge is 1.91. The minimum atomic E-state index is 0.932. The van der Waals surface area contributed by atoms with Crippen LogP contribution in [-0.2, 0) is 4.74 Å². The number of methoxy groups -OCH3 is 1. The fourth-order valence-electron chi connectivity index (χ4n) is 2.67. The van der Waals surface area contributed by atoms with Crippen LogP contribution in [0.4, 0.5) is 0 Å². The first-order chi connectivity index (χ1) is 10.4. The third-order valence-corrected chi connectivity index (χ3v) is 4.11. The third kappa shape index (κ3) is 19.7. The van der Waals surface area contributed by atoms with Gasteiger partial charge in [0.1, 0.15) is 0 Å². The van der Waals surface area contributed by atoms with Gasteiger partial charge in [0.15, 0.2) is 0 Å².